The average Bonchev–Trinajstić information content (AvgIpc) is 3.17. The Morgan fingerprint density at radius 3 is 2.84 bits per heavy atom. The Hall–Kier alpha value is -2.18. The van der Waals surface area contributed by atoms with Crippen LogP contribution in [0.15, 0.2) is 30.3 Å². The van der Waals surface area contributed by atoms with Crippen molar-refractivity contribution in [3.63, 3.8) is 0 Å². The van der Waals surface area contributed by atoms with Crippen LogP contribution in [0.3, 0.4) is 0 Å². The molecule has 1 saturated heterocycles. The van der Waals surface area contributed by atoms with Crippen molar-refractivity contribution in [3.8, 4) is 0 Å². The average molecular weight is 342 g/mol. The van der Waals surface area contributed by atoms with Gasteiger partial charge in [0.15, 0.2) is 0 Å². The number of carbonyl (C=O) groups is 1. The molecular formula is C19H26N4O2. The molecule has 0 spiro atoms. The molecule has 0 aliphatic carbocycles. The number of carbonyl (C=O) groups excluding carboxylic acids is 1. The zero-order valence-corrected chi connectivity index (χ0v) is 14.8. The standard InChI is InChI=1S/C19H26N4O2/c1-13-19(14(2)22-21-13)20-18(25)12-23-10-6-9-16(23)11-17(24)15-7-4-3-5-8-15/h3-5,7-8,16-17,24H,6,9-12H2,1-2H3,(H,20,25)(H,21,22). The van der Waals surface area contributed by atoms with Crippen molar-refractivity contribution >= 4 is 11.6 Å². The highest BCUT2D eigenvalue weighted by Crippen LogP contribution is 2.27. The number of aliphatic hydroxyl groups excluding tert-OH is 1. The summed E-state index contributed by atoms with van der Waals surface area (Å²) in [5, 5.41) is 20.4. The monoisotopic (exact) mass is 342 g/mol. The molecule has 1 aliphatic rings. The predicted octanol–water partition coefficient (Wildman–Crippen LogP) is 2.55. The molecule has 1 amide bonds. The maximum atomic E-state index is 12.4. The van der Waals surface area contributed by atoms with Crippen LogP contribution in [0.1, 0.15) is 42.3 Å². The quantitative estimate of drug-likeness (QED) is 0.753. The summed E-state index contributed by atoms with van der Waals surface area (Å²) in [7, 11) is 0. The SMILES string of the molecule is Cc1n[nH]c(C)c1NC(=O)CN1CCCC1CC(O)c1ccccc1. The van der Waals surface area contributed by atoms with Crippen molar-refractivity contribution < 1.29 is 9.90 Å². The fourth-order valence-corrected chi connectivity index (χ4v) is 3.54. The van der Waals surface area contributed by atoms with E-state index in [-0.39, 0.29) is 11.9 Å². The van der Waals surface area contributed by atoms with Crippen molar-refractivity contribution in [2.75, 3.05) is 18.4 Å². The highest BCUT2D eigenvalue weighted by molar-refractivity contribution is 5.93. The van der Waals surface area contributed by atoms with Gasteiger partial charge in [-0.3, -0.25) is 14.8 Å². The summed E-state index contributed by atoms with van der Waals surface area (Å²) in [6.07, 6.45) is 2.24. The first-order valence-electron chi connectivity index (χ1n) is 8.83. The lowest BCUT2D eigenvalue weighted by atomic mass is 10.0. The van der Waals surface area contributed by atoms with Gasteiger partial charge in [-0.15, -0.1) is 0 Å². The number of hydrogen-bond donors (Lipinski definition) is 3. The summed E-state index contributed by atoms with van der Waals surface area (Å²) in [4.78, 5) is 14.6. The third kappa shape index (κ3) is 4.27. The molecule has 2 atom stereocenters. The van der Waals surface area contributed by atoms with Gasteiger partial charge in [-0.25, -0.2) is 0 Å². The summed E-state index contributed by atoms with van der Waals surface area (Å²) in [6.45, 7) is 5.00. The maximum absolute atomic E-state index is 12.4. The lowest BCUT2D eigenvalue weighted by Crippen LogP contribution is -2.37. The zero-order chi connectivity index (χ0) is 17.8. The molecule has 3 rings (SSSR count). The van der Waals surface area contributed by atoms with E-state index in [1.54, 1.807) is 0 Å². The van der Waals surface area contributed by atoms with Crippen molar-refractivity contribution in [3.05, 3.63) is 47.3 Å². The van der Waals surface area contributed by atoms with Crippen LogP contribution in [-0.2, 0) is 4.79 Å². The van der Waals surface area contributed by atoms with Crippen LogP contribution in [0, 0.1) is 13.8 Å². The van der Waals surface area contributed by atoms with E-state index >= 15 is 0 Å². The molecular weight excluding hydrogens is 316 g/mol. The highest BCUT2D eigenvalue weighted by atomic mass is 16.3. The molecule has 1 fully saturated rings. The van der Waals surface area contributed by atoms with Crippen LogP contribution in [0.5, 0.6) is 0 Å². The van der Waals surface area contributed by atoms with Gasteiger partial charge in [-0.05, 0) is 45.2 Å². The number of benzene rings is 1. The minimum Gasteiger partial charge on any atom is -0.388 e. The van der Waals surface area contributed by atoms with Gasteiger partial charge in [0.05, 0.1) is 29.7 Å². The lowest BCUT2D eigenvalue weighted by molar-refractivity contribution is -0.117. The second-order valence-electron chi connectivity index (χ2n) is 6.79. The van der Waals surface area contributed by atoms with Crippen LogP contribution in [0.2, 0.25) is 0 Å². The molecule has 0 bridgehead atoms. The number of anilines is 1. The molecule has 1 aromatic carbocycles. The molecule has 6 heteroatoms. The summed E-state index contributed by atoms with van der Waals surface area (Å²) < 4.78 is 0. The largest absolute Gasteiger partial charge is 0.388 e. The van der Waals surface area contributed by atoms with Crippen LogP contribution in [-0.4, -0.2) is 45.2 Å². The molecule has 2 aromatic rings. The zero-order valence-electron chi connectivity index (χ0n) is 14.8. The Balaban J connectivity index is 1.57. The Kier molecular flexibility index (Phi) is 5.50. The molecule has 0 radical (unpaired) electrons. The van der Waals surface area contributed by atoms with E-state index < -0.39 is 6.10 Å². The molecule has 1 aromatic heterocycles. The molecule has 2 unspecified atom stereocenters. The van der Waals surface area contributed by atoms with Gasteiger partial charge in [0.25, 0.3) is 0 Å². The van der Waals surface area contributed by atoms with E-state index in [1.807, 2.05) is 44.2 Å². The number of likely N-dealkylation sites (tertiary alicyclic amines) is 1. The van der Waals surface area contributed by atoms with E-state index in [1.165, 1.54) is 0 Å². The van der Waals surface area contributed by atoms with Crippen molar-refractivity contribution in [2.24, 2.45) is 0 Å². The van der Waals surface area contributed by atoms with Crippen LogP contribution in [0.4, 0.5) is 5.69 Å². The third-order valence-electron chi connectivity index (χ3n) is 4.92. The summed E-state index contributed by atoms with van der Waals surface area (Å²) in [6, 6.07) is 9.94. The number of aryl methyl sites for hydroxylation is 2. The first-order valence-corrected chi connectivity index (χ1v) is 8.83. The van der Waals surface area contributed by atoms with Crippen LogP contribution >= 0.6 is 0 Å². The second kappa shape index (κ2) is 7.80. The Bertz CT molecular complexity index is 694. The number of aromatic amines is 1. The fourth-order valence-electron chi connectivity index (χ4n) is 3.54. The van der Waals surface area contributed by atoms with Gasteiger partial charge in [0.1, 0.15) is 0 Å². The lowest BCUT2D eigenvalue weighted by Gasteiger charge is -2.26. The number of rotatable bonds is 6. The molecule has 25 heavy (non-hydrogen) atoms. The smallest absolute Gasteiger partial charge is 0.238 e. The Morgan fingerprint density at radius 2 is 2.16 bits per heavy atom. The van der Waals surface area contributed by atoms with E-state index in [0.717, 1.165) is 42.0 Å². The van der Waals surface area contributed by atoms with Crippen LogP contribution < -0.4 is 5.32 Å². The van der Waals surface area contributed by atoms with Crippen LogP contribution in [0.25, 0.3) is 0 Å². The molecule has 3 N–H and O–H groups in total. The molecule has 134 valence electrons. The number of H-pyrrole nitrogens is 1. The van der Waals surface area contributed by atoms with Gasteiger partial charge >= 0.3 is 0 Å². The molecule has 6 nitrogen and oxygen atoms in total. The summed E-state index contributed by atoms with van der Waals surface area (Å²) in [5.41, 5.74) is 3.36. The Labute approximate surface area is 148 Å². The minimum absolute atomic E-state index is 0.0336. The summed E-state index contributed by atoms with van der Waals surface area (Å²) in [5.74, 6) is -0.0336. The first kappa shape index (κ1) is 17.6. The third-order valence-corrected chi connectivity index (χ3v) is 4.92. The topological polar surface area (TPSA) is 81.2 Å². The predicted molar refractivity (Wildman–Crippen MR) is 97.3 cm³/mol. The number of aromatic nitrogens is 2. The van der Waals surface area contributed by atoms with E-state index in [4.69, 9.17) is 0 Å². The van der Waals surface area contributed by atoms with Gasteiger partial charge < -0.3 is 10.4 Å². The van der Waals surface area contributed by atoms with Crippen molar-refractivity contribution in [2.45, 2.75) is 45.3 Å². The second-order valence-corrected chi connectivity index (χ2v) is 6.79. The fraction of sp³-hybridized carbons (Fsp3) is 0.474. The number of nitrogens with zero attached hydrogens (tertiary/aromatic N) is 2. The van der Waals surface area contributed by atoms with E-state index in [9.17, 15) is 9.90 Å². The van der Waals surface area contributed by atoms with Gasteiger partial charge in [-0.1, -0.05) is 30.3 Å². The number of aliphatic hydroxyl groups is 1. The maximum Gasteiger partial charge on any atom is 0.238 e. The van der Waals surface area contributed by atoms with E-state index in [0.29, 0.717) is 13.0 Å². The molecule has 1 aliphatic heterocycles. The minimum atomic E-state index is -0.492. The first-order chi connectivity index (χ1) is 12.0. The number of hydrogen-bond acceptors (Lipinski definition) is 4. The van der Waals surface area contributed by atoms with E-state index in [2.05, 4.69) is 20.4 Å². The van der Waals surface area contributed by atoms with Gasteiger partial charge in [0.2, 0.25) is 5.91 Å². The Morgan fingerprint density at radius 1 is 1.40 bits per heavy atom. The van der Waals surface area contributed by atoms with Crippen molar-refractivity contribution in [1.82, 2.24) is 15.1 Å². The van der Waals surface area contributed by atoms with Crippen molar-refractivity contribution in [1.29, 1.82) is 0 Å². The van der Waals surface area contributed by atoms with Gasteiger partial charge in [-0.2, -0.15) is 5.10 Å². The van der Waals surface area contributed by atoms with Gasteiger partial charge in [0, 0.05) is 6.04 Å². The molecule has 0 saturated carbocycles. The molecule has 2 heterocycles. The number of amides is 1. The number of nitrogens with one attached hydrogen (secondary N) is 2. The highest BCUT2D eigenvalue weighted by Gasteiger charge is 2.28. The summed E-state index contributed by atoms with van der Waals surface area (Å²) >= 11 is 0. The normalized spacial score (nSPS) is 19.1.